The third-order valence-corrected chi connectivity index (χ3v) is 7.33. The minimum absolute atomic E-state index is 0.0432. The lowest BCUT2D eigenvalue weighted by atomic mass is 10.1. The van der Waals surface area contributed by atoms with E-state index >= 15 is 0 Å². The van der Waals surface area contributed by atoms with E-state index in [0.29, 0.717) is 36.0 Å². The number of rotatable bonds is 11. The second kappa shape index (κ2) is 12.5. The minimum Gasteiger partial charge on any atom is -0.450 e. The van der Waals surface area contributed by atoms with Crippen LogP contribution in [-0.2, 0) is 40.6 Å². The van der Waals surface area contributed by atoms with Crippen molar-refractivity contribution in [2.45, 2.75) is 43.5 Å². The average Bonchev–Trinajstić information content (AvgIpc) is 3.33. The number of hydrogen-bond acceptors (Lipinski definition) is 8. The minimum atomic E-state index is -4.47. The fourth-order valence-electron chi connectivity index (χ4n) is 3.74. The smallest absolute Gasteiger partial charge is 0.416 e. The van der Waals surface area contributed by atoms with Crippen LogP contribution in [0.5, 0.6) is 0 Å². The normalized spacial score (nSPS) is 12.0. The zero-order chi connectivity index (χ0) is 29.6. The Morgan fingerprint density at radius 1 is 0.976 bits per heavy atom. The Hall–Kier alpha value is -4.31. The van der Waals surface area contributed by atoms with Gasteiger partial charge in [-0.1, -0.05) is 24.3 Å². The van der Waals surface area contributed by atoms with Crippen molar-refractivity contribution in [3.8, 4) is 0 Å². The molecular weight excluding hydrogens is 570 g/mol. The Morgan fingerprint density at radius 2 is 1.63 bits per heavy atom. The van der Waals surface area contributed by atoms with Crippen molar-refractivity contribution in [3.05, 3.63) is 77.6 Å². The number of aryl methyl sites for hydroxylation is 1. The maximum absolute atomic E-state index is 13.4. The number of alkyl carbamates (subject to hydrolysis) is 1. The first-order valence-corrected chi connectivity index (χ1v) is 13.7. The molecule has 4 N–H and O–H groups in total. The number of aromatic nitrogens is 4. The van der Waals surface area contributed by atoms with E-state index in [9.17, 15) is 30.8 Å². The number of anilines is 1. The SMILES string of the molecule is Nc1nc(F)nc2c1ncn2CCCCOC(=O)NCc1ccc(S(=O)(=O)NCc2ccc(C(F)(F)F)cc2)cc1. The second-order valence-corrected chi connectivity index (χ2v) is 10.6. The van der Waals surface area contributed by atoms with Gasteiger partial charge < -0.3 is 20.4 Å². The van der Waals surface area contributed by atoms with Crippen LogP contribution in [0.3, 0.4) is 0 Å². The summed E-state index contributed by atoms with van der Waals surface area (Å²) in [4.78, 5) is 23.2. The third-order valence-electron chi connectivity index (χ3n) is 5.91. The molecule has 0 atom stereocenters. The number of carbonyl (C=O) groups excluding carboxylic acids is 1. The Balaban J connectivity index is 1.17. The van der Waals surface area contributed by atoms with Crippen molar-refractivity contribution in [3.63, 3.8) is 0 Å². The van der Waals surface area contributed by atoms with E-state index in [4.69, 9.17) is 10.5 Å². The zero-order valence-corrected chi connectivity index (χ0v) is 22.2. The van der Waals surface area contributed by atoms with Crippen LogP contribution >= 0.6 is 0 Å². The topological polar surface area (TPSA) is 154 Å². The highest BCUT2D eigenvalue weighted by atomic mass is 32.2. The van der Waals surface area contributed by atoms with E-state index in [1.54, 1.807) is 4.57 Å². The summed E-state index contributed by atoms with van der Waals surface area (Å²) in [5, 5.41) is 2.57. The third kappa shape index (κ3) is 7.88. The number of sulfonamides is 1. The monoisotopic (exact) mass is 595 g/mol. The van der Waals surface area contributed by atoms with Crippen LogP contribution in [0.2, 0.25) is 0 Å². The lowest BCUT2D eigenvalue weighted by Gasteiger charge is -2.10. The van der Waals surface area contributed by atoms with E-state index in [1.165, 1.54) is 42.7 Å². The standard InChI is InChI=1S/C25H25F4N7O4S/c26-23-34-21(30)20-22(35-23)36(15-32-20)11-1-2-12-40-24(37)31-13-16-5-9-19(10-6-16)41(38,39)33-14-17-3-7-18(8-4-17)25(27,28)29/h3-10,15,33H,1-2,11-14H2,(H,31,37)(H2,30,34,35). The van der Waals surface area contributed by atoms with Crippen molar-refractivity contribution in [2.24, 2.45) is 0 Å². The first-order valence-electron chi connectivity index (χ1n) is 12.2. The molecule has 2 heterocycles. The number of unbranched alkanes of at least 4 members (excludes halogenated alkanes) is 1. The summed E-state index contributed by atoms with van der Waals surface area (Å²) < 4.78 is 85.6. The molecule has 0 aliphatic heterocycles. The first kappa shape index (κ1) is 29.7. The molecule has 0 aliphatic carbocycles. The van der Waals surface area contributed by atoms with Gasteiger partial charge in [0.05, 0.1) is 23.4 Å². The number of imidazole rings is 1. The molecule has 4 rings (SSSR count). The molecule has 0 radical (unpaired) electrons. The van der Waals surface area contributed by atoms with E-state index < -0.39 is 33.9 Å². The highest BCUT2D eigenvalue weighted by Crippen LogP contribution is 2.29. The molecule has 2 aromatic carbocycles. The summed E-state index contributed by atoms with van der Waals surface area (Å²) in [6.07, 6.45) is -3.49. The maximum Gasteiger partial charge on any atom is 0.416 e. The number of amides is 1. The van der Waals surface area contributed by atoms with Gasteiger partial charge in [-0.3, -0.25) is 0 Å². The van der Waals surface area contributed by atoms with Crippen molar-refractivity contribution in [2.75, 3.05) is 12.3 Å². The molecule has 0 bridgehead atoms. The number of halogens is 4. The number of carbonyl (C=O) groups is 1. The number of fused-ring (bicyclic) bond motifs is 1. The molecular formula is C25H25F4N7O4S. The first-order chi connectivity index (χ1) is 19.4. The van der Waals surface area contributed by atoms with Gasteiger partial charge in [0.2, 0.25) is 10.0 Å². The highest BCUT2D eigenvalue weighted by molar-refractivity contribution is 7.89. The Kier molecular flexibility index (Phi) is 9.02. The number of alkyl halides is 3. The van der Waals surface area contributed by atoms with Gasteiger partial charge in [-0.15, -0.1) is 0 Å². The molecule has 0 aliphatic rings. The van der Waals surface area contributed by atoms with Crippen LogP contribution in [-0.4, -0.2) is 40.6 Å². The number of nitrogens with zero attached hydrogens (tertiary/aromatic N) is 4. The number of nitrogen functional groups attached to an aromatic ring is 1. The number of nitrogens with two attached hydrogens (primary N) is 1. The van der Waals surface area contributed by atoms with Gasteiger partial charge >= 0.3 is 18.3 Å². The highest BCUT2D eigenvalue weighted by Gasteiger charge is 2.30. The second-order valence-electron chi connectivity index (χ2n) is 8.85. The molecule has 2 aromatic heterocycles. The van der Waals surface area contributed by atoms with E-state index in [-0.39, 0.29) is 36.1 Å². The molecule has 0 unspecified atom stereocenters. The fourth-order valence-corrected chi connectivity index (χ4v) is 4.75. The van der Waals surface area contributed by atoms with Gasteiger partial charge in [0.25, 0.3) is 0 Å². The van der Waals surface area contributed by atoms with Crippen LogP contribution in [0.25, 0.3) is 11.2 Å². The van der Waals surface area contributed by atoms with Crippen molar-refractivity contribution in [1.29, 1.82) is 0 Å². The van der Waals surface area contributed by atoms with Crippen molar-refractivity contribution < 1.29 is 35.5 Å². The average molecular weight is 596 g/mol. The summed E-state index contributed by atoms with van der Waals surface area (Å²) in [5.41, 5.74) is 6.38. The molecule has 0 saturated heterocycles. The molecule has 16 heteroatoms. The number of nitrogens with one attached hydrogen (secondary N) is 2. The summed E-state index contributed by atoms with van der Waals surface area (Å²) in [6.45, 7) is 0.486. The molecule has 4 aromatic rings. The summed E-state index contributed by atoms with van der Waals surface area (Å²) in [5.74, 6) is -0.0455. The van der Waals surface area contributed by atoms with Crippen LogP contribution in [0.15, 0.2) is 59.8 Å². The summed E-state index contributed by atoms with van der Waals surface area (Å²) >= 11 is 0. The van der Waals surface area contributed by atoms with Gasteiger partial charge in [0.1, 0.15) is 5.52 Å². The van der Waals surface area contributed by atoms with Gasteiger partial charge in [0.15, 0.2) is 11.5 Å². The van der Waals surface area contributed by atoms with Crippen LogP contribution in [0, 0.1) is 6.08 Å². The lowest BCUT2D eigenvalue weighted by Crippen LogP contribution is -2.25. The Labute approximate surface area is 231 Å². The van der Waals surface area contributed by atoms with Crippen LogP contribution in [0.4, 0.5) is 28.2 Å². The van der Waals surface area contributed by atoms with Crippen molar-refractivity contribution in [1.82, 2.24) is 29.6 Å². The molecule has 0 spiro atoms. The number of ether oxygens (including phenoxy) is 1. The molecule has 1 amide bonds. The molecule has 0 fully saturated rings. The molecule has 218 valence electrons. The van der Waals surface area contributed by atoms with Gasteiger partial charge in [0, 0.05) is 19.6 Å². The molecule has 0 saturated carbocycles. The van der Waals surface area contributed by atoms with E-state index in [2.05, 4.69) is 25.0 Å². The van der Waals surface area contributed by atoms with Crippen LogP contribution < -0.4 is 15.8 Å². The van der Waals surface area contributed by atoms with E-state index in [1.807, 2.05) is 0 Å². The van der Waals surface area contributed by atoms with E-state index in [0.717, 1.165) is 12.1 Å². The zero-order valence-electron chi connectivity index (χ0n) is 21.4. The Bertz CT molecular complexity index is 1610. The predicted octanol–water partition coefficient (Wildman–Crippen LogP) is 3.75. The maximum atomic E-state index is 13.4. The fraction of sp³-hybridized carbons (Fsp3) is 0.280. The van der Waals surface area contributed by atoms with Gasteiger partial charge in [-0.05, 0) is 48.2 Å². The summed E-state index contributed by atoms with van der Waals surface area (Å²) in [7, 11) is -3.92. The number of benzene rings is 2. The largest absolute Gasteiger partial charge is 0.450 e. The lowest BCUT2D eigenvalue weighted by molar-refractivity contribution is -0.137. The number of hydrogen-bond donors (Lipinski definition) is 3. The molecule has 11 nitrogen and oxygen atoms in total. The van der Waals surface area contributed by atoms with Crippen LogP contribution in [0.1, 0.15) is 29.5 Å². The predicted molar refractivity (Wildman–Crippen MR) is 139 cm³/mol. The quantitative estimate of drug-likeness (QED) is 0.135. The van der Waals surface area contributed by atoms with Gasteiger partial charge in [-0.25, -0.2) is 22.9 Å². The van der Waals surface area contributed by atoms with Crippen molar-refractivity contribution >= 4 is 33.1 Å². The Morgan fingerprint density at radius 3 is 2.32 bits per heavy atom. The summed E-state index contributed by atoms with van der Waals surface area (Å²) in [6, 6.07) is 9.90. The molecule has 41 heavy (non-hydrogen) atoms. The van der Waals surface area contributed by atoms with Gasteiger partial charge in [-0.2, -0.15) is 27.5 Å².